The van der Waals surface area contributed by atoms with E-state index in [9.17, 15) is 9.59 Å². The van der Waals surface area contributed by atoms with Crippen molar-refractivity contribution in [2.45, 2.75) is 6.42 Å². The third kappa shape index (κ3) is 5.92. The molecule has 0 saturated carbocycles. The SMILES string of the molecule is COC(=O)c1c(-c2cc(OC)c(OC)c(OC)c2)c2cc(OCCc3ccccn3)c(OC)cc2c(=O)n1-c1ccc(N)cc1. The summed E-state index contributed by atoms with van der Waals surface area (Å²) in [5.41, 5.74) is 8.04. The molecule has 0 spiro atoms. The third-order valence-corrected chi connectivity index (χ3v) is 7.29. The number of fused-ring (bicyclic) bond motifs is 1. The number of anilines is 1. The lowest BCUT2D eigenvalue weighted by molar-refractivity contribution is 0.0591. The Balaban J connectivity index is 1.86. The van der Waals surface area contributed by atoms with E-state index in [0.717, 1.165) is 5.69 Å². The van der Waals surface area contributed by atoms with Gasteiger partial charge in [0.1, 0.15) is 5.69 Å². The van der Waals surface area contributed by atoms with Crippen LogP contribution in [0.25, 0.3) is 27.6 Å². The molecule has 0 unspecified atom stereocenters. The van der Waals surface area contributed by atoms with Gasteiger partial charge >= 0.3 is 5.97 Å². The normalized spacial score (nSPS) is 10.8. The van der Waals surface area contributed by atoms with Gasteiger partial charge in [0.15, 0.2) is 23.0 Å². The number of hydrogen-bond acceptors (Lipinski definition) is 10. The Labute approximate surface area is 259 Å². The molecule has 232 valence electrons. The van der Waals surface area contributed by atoms with Crippen LogP contribution in [0.4, 0.5) is 5.69 Å². The van der Waals surface area contributed by atoms with Gasteiger partial charge in [-0.25, -0.2) is 4.79 Å². The molecule has 5 aromatic rings. The molecule has 11 nitrogen and oxygen atoms in total. The highest BCUT2D eigenvalue weighted by Gasteiger charge is 2.28. The lowest BCUT2D eigenvalue weighted by Gasteiger charge is -2.21. The van der Waals surface area contributed by atoms with E-state index in [4.69, 9.17) is 34.2 Å². The van der Waals surface area contributed by atoms with Gasteiger partial charge in [0, 0.05) is 40.6 Å². The summed E-state index contributed by atoms with van der Waals surface area (Å²) in [6.45, 7) is 0.282. The van der Waals surface area contributed by atoms with Gasteiger partial charge in [0.25, 0.3) is 5.56 Å². The molecule has 5 rings (SSSR count). The minimum Gasteiger partial charge on any atom is -0.493 e. The molecule has 2 N–H and O–H groups in total. The summed E-state index contributed by atoms with van der Waals surface area (Å²) in [6.07, 6.45) is 2.25. The quantitative estimate of drug-likeness (QED) is 0.159. The Morgan fingerprint density at radius 3 is 2.04 bits per heavy atom. The Bertz CT molecular complexity index is 1880. The van der Waals surface area contributed by atoms with Gasteiger partial charge in [-0.05, 0) is 66.2 Å². The average molecular weight is 612 g/mol. The molecule has 0 aliphatic carbocycles. The Kier molecular flexibility index (Phi) is 9.08. The van der Waals surface area contributed by atoms with Crippen molar-refractivity contribution in [1.82, 2.24) is 9.55 Å². The molecule has 0 atom stereocenters. The molecule has 3 aromatic carbocycles. The maximum atomic E-state index is 14.3. The zero-order chi connectivity index (χ0) is 32.1. The fourth-order valence-electron chi connectivity index (χ4n) is 5.17. The fraction of sp³-hybridized carbons (Fsp3) is 0.206. The standard InChI is InChI=1S/C34H33N3O8/c1-40-26-19-25-24(18-27(26)45-15-13-22-8-6-7-14-36-22)30(20-16-28(41-2)32(43-4)29(17-20)42-3)31(34(39)44-5)37(33(25)38)23-11-9-21(35)10-12-23/h6-12,14,16-19H,13,15,35H2,1-5H3. The highest BCUT2D eigenvalue weighted by molar-refractivity contribution is 6.08. The summed E-state index contributed by atoms with van der Waals surface area (Å²) in [7, 11) is 7.23. The molecule has 0 saturated heterocycles. The zero-order valence-corrected chi connectivity index (χ0v) is 25.6. The summed E-state index contributed by atoms with van der Waals surface area (Å²) in [5, 5.41) is 0.673. The molecule has 0 radical (unpaired) electrons. The third-order valence-electron chi connectivity index (χ3n) is 7.29. The summed E-state index contributed by atoms with van der Waals surface area (Å²) in [4.78, 5) is 32.3. The first-order valence-electron chi connectivity index (χ1n) is 13.9. The molecule has 2 aromatic heterocycles. The predicted octanol–water partition coefficient (Wildman–Crippen LogP) is 5.08. The van der Waals surface area contributed by atoms with Crippen molar-refractivity contribution in [2.24, 2.45) is 0 Å². The van der Waals surface area contributed by atoms with E-state index < -0.39 is 11.5 Å². The van der Waals surface area contributed by atoms with E-state index >= 15 is 0 Å². The lowest BCUT2D eigenvalue weighted by Crippen LogP contribution is -2.27. The number of hydrogen-bond donors (Lipinski definition) is 1. The molecule has 45 heavy (non-hydrogen) atoms. The Morgan fingerprint density at radius 2 is 1.47 bits per heavy atom. The number of aromatic nitrogens is 2. The Morgan fingerprint density at radius 1 is 0.800 bits per heavy atom. The number of nitrogens with two attached hydrogens (primary N) is 1. The van der Waals surface area contributed by atoms with E-state index in [0.29, 0.717) is 63.1 Å². The predicted molar refractivity (Wildman–Crippen MR) is 170 cm³/mol. The van der Waals surface area contributed by atoms with Gasteiger partial charge in [-0.3, -0.25) is 14.3 Å². The van der Waals surface area contributed by atoms with Gasteiger partial charge in [0.2, 0.25) is 5.75 Å². The molecule has 2 heterocycles. The van der Waals surface area contributed by atoms with Crippen LogP contribution in [0, 0.1) is 0 Å². The van der Waals surface area contributed by atoms with Crippen molar-refractivity contribution >= 4 is 22.4 Å². The van der Waals surface area contributed by atoms with Crippen LogP contribution in [0.15, 0.2) is 77.7 Å². The van der Waals surface area contributed by atoms with Crippen LogP contribution in [0.3, 0.4) is 0 Å². The van der Waals surface area contributed by atoms with Crippen LogP contribution in [-0.2, 0) is 11.2 Å². The van der Waals surface area contributed by atoms with Gasteiger partial charge in [-0.15, -0.1) is 0 Å². The smallest absolute Gasteiger partial charge is 0.355 e. The second-order valence-corrected chi connectivity index (χ2v) is 9.83. The van der Waals surface area contributed by atoms with Gasteiger partial charge in [-0.1, -0.05) is 6.07 Å². The van der Waals surface area contributed by atoms with Crippen molar-refractivity contribution in [2.75, 3.05) is 47.9 Å². The largest absolute Gasteiger partial charge is 0.493 e. The number of rotatable bonds is 11. The van der Waals surface area contributed by atoms with Crippen LogP contribution in [-0.4, -0.2) is 57.7 Å². The minimum absolute atomic E-state index is 0.0290. The van der Waals surface area contributed by atoms with Gasteiger partial charge in [0.05, 0.1) is 47.5 Å². The van der Waals surface area contributed by atoms with Crippen molar-refractivity contribution in [1.29, 1.82) is 0 Å². The molecule has 11 heteroatoms. The molecular formula is C34H33N3O8. The molecular weight excluding hydrogens is 578 g/mol. The number of nitrogens with zero attached hydrogens (tertiary/aromatic N) is 2. The first-order valence-corrected chi connectivity index (χ1v) is 13.9. The summed E-state index contributed by atoms with van der Waals surface area (Å²) < 4.78 is 35.2. The molecule has 0 bridgehead atoms. The maximum Gasteiger partial charge on any atom is 0.355 e. The number of nitrogen functional groups attached to an aromatic ring is 1. The van der Waals surface area contributed by atoms with Crippen molar-refractivity contribution in [3.63, 3.8) is 0 Å². The number of carbonyl (C=O) groups is 1. The monoisotopic (exact) mass is 611 g/mol. The minimum atomic E-state index is -0.747. The number of methoxy groups -OCH3 is 5. The van der Waals surface area contributed by atoms with Crippen LogP contribution in [0.5, 0.6) is 28.7 Å². The second kappa shape index (κ2) is 13.3. The second-order valence-electron chi connectivity index (χ2n) is 9.83. The zero-order valence-electron chi connectivity index (χ0n) is 25.6. The molecule has 0 aliphatic heterocycles. The number of esters is 1. The van der Waals surface area contributed by atoms with E-state index in [2.05, 4.69) is 4.98 Å². The highest BCUT2D eigenvalue weighted by Crippen LogP contribution is 2.45. The fourth-order valence-corrected chi connectivity index (χ4v) is 5.17. The Hall–Kier alpha value is -5.71. The first-order chi connectivity index (χ1) is 21.8. The van der Waals surface area contributed by atoms with E-state index in [1.165, 1.54) is 40.1 Å². The maximum absolute atomic E-state index is 14.3. The lowest BCUT2D eigenvalue weighted by atomic mass is 9.95. The topological polar surface area (TPSA) is 133 Å². The molecule has 0 fully saturated rings. The number of benzene rings is 3. The van der Waals surface area contributed by atoms with Gasteiger partial charge < -0.3 is 34.2 Å². The van der Waals surface area contributed by atoms with Crippen molar-refractivity contribution in [3.05, 3.63) is 94.7 Å². The van der Waals surface area contributed by atoms with Crippen molar-refractivity contribution < 1.29 is 33.2 Å². The van der Waals surface area contributed by atoms with Crippen molar-refractivity contribution in [3.8, 4) is 45.6 Å². The van der Waals surface area contributed by atoms with E-state index in [1.807, 2.05) is 18.2 Å². The van der Waals surface area contributed by atoms with Crippen LogP contribution < -0.4 is 35.0 Å². The highest BCUT2D eigenvalue weighted by atomic mass is 16.5. The average Bonchev–Trinajstić information content (AvgIpc) is 3.07. The summed E-state index contributed by atoms with van der Waals surface area (Å²) in [5.74, 6) is 1.02. The van der Waals surface area contributed by atoms with Crippen LogP contribution in [0.1, 0.15) is 16.2 Å². The van der Waals surface area contributed by atoms with Crippen LogP contribution in [0.2, 0.25) is 0 Å². The molecule has 0 amide bonds. The summed E-state index contributed by atoms with van der Waals surface area (Å²) >= 11 is 0. The first kappa shape index (κ1) is 30.7. The molecule has 0 aliphatic rings. The number of carbonyl (C=O) groups excluding carboxylic acids is 1. The summed E-state index contributed by atoms with van der Waals surface area (Å²) in [6, 6.07) is 18.9. The number of ether oxygens (including phenoxy) is 6. The van der Waals surface area contributed by atoms with E-state index in [1.54, 1.807) is 54.7 Å². The number of pyridine rings is 2. The van der Waals surface area contributed by atoms with Gasteiger partial charge in [-0.2, -0.15) is 0 Å². The van der Waals surface area contributed by atoms with E-state index in [-0.39, 0.29) is 17.7 Å². The van der Waals surface area contributed by atoms with Crippen LogP contribution >= 0.6 is 0 Å².